The zero-order valence-corrected chi connectivity index (χ0v) is 11.6. The van der Waals surface area contributed by atoms with Gasteiger partial charge in [0.1, 0.15) is 5.69 Å². The summed E-state index contributed by atoms with van der Waals surface area (Å²) in [6.45, 7) is 5.40. The summed E-state index contributed by atoms with van der Waals surface area (Å²) >= 11 is 0. The molecule has 19 heavy (non-hydrogen) atoms. The predicted molar refractivity (Wildman–Crippen MR) is 75.0 cm³/mol. The Balaban J connectivity index is 2.00. The molecule has 0 saturated heterocycles. The highest BCUT2D eigenvalue weighted by Gasteiger charge is 2.33. The van der Waals surface area contributed by atoms with Crippen LogP contribution in [-0.2, 0) is 6.54 Å². The van der Waals surface area contributed by atoms with Gasteiger partial charge < -0.3 is 16.3 Å². The van der Waals surface area contributed by atoms with Crippen LogP contribution in [0.3, 0.4) is 0 Å². The van der Waals surface area contributed by atoms with Crippen LogP contribution >= 0.6 is 0 Å². The van der Waals surface area contributed by atoms with Gasteiger partial charge in [-0.3, -0.25) is 4.98 Å². The van der Waals surface area contributed by atoms with Crippen molar-refractivity contribution in [1.82, 2.24) is 10.3 Å². The number of aromatic nitrogens is 1. The maximum absolute atomic E-state index is 8.66. The van der Waals surface area contributed by atoms with Gasteiger partial charge in [-0.2, -0.15) is 0 Å². The van der Waals surface area contributed by atoms with E-state index in [1.54, 1.807) is 6.20 Å². The molecule has 1 saturated carbocycles. The van der Waals surface area contributed by atoms with E-state index in [-0.39, 0.29) is 5.84 Å². The molecule has 1 aromatic heterocycles. The fourth-order valence-corrected chi connectivity index (χ4v) is 2.72. The van der Waals surface area contributed by atoms with E-state index in [4.69, 9.17) is 10.9 Å². The molecule has 5 nitrogen and oxygen atoms in total. The molecule has 0 aliphatic heterocycles. The highest BCUT2D eigenvalue weighted by atomic mass is 16.4. The third-order valence-electron chi connectivity index (χ3n) is 4.00. The molecule has 1 unspecified atom stereocenters. The number of hydrogen-bond acceptors (Lipinski definition) is 4. The van der Waals surface area contributed by atoms with Gasteiger partial charge in [-0.1, -0.05) is 25.4 Å². The standard InChI is InChI=1S/C14H22N4O/c1-14(2)6-3-4-12(14)17-9-10-5-7-16-11(8-10)13(15)18-19/h5,7-8,12,17,19H,3-4,6,9H2,1-2H3,(H2,15,18). The number of oxime groups is 1. The van der Waals surface area contributed by atoms with Gasteiger partial charge in [-0.05, 0) is 36.0 Å². The Morgan fingerprint density at radius 2 is 2.42 bits per heavy atom. The topological polar surface area (TPSA) is 83.5 Å². The molecule has 0 aromatic carbocycles. The Hall–Kier alpha value is -1.62. The van der Waals surface area contributed by atoms with Crippen LogP contribution in [0.1, 0.15) is 44.4 Å². The van der Waals surface area contributed by atoms with Crippen molar-refractivity contribution in [2.75, 3.05) is 0 Å². The van der Waals surface area contributed by atoms with Crippen LogP contribution in [0.4, 0.5) is 0 Å². The molecule has 1 atom stereocenters. The number of nitrogens with one attached hydrogen (secondary N) is 1. The van der Waals surface area contributed by atoms with Crippen molar-refractivity contribution in [2.45, 2.75) is 45.7 Å². The first kappa shape index (κ1) is 13.8. The van der Waals surface area contributed by atoms with Crippen LogP contribution in [0.2, 0.25) is 0 Å². The van der Waals surface area contributed by atoms with E-state index in [1.807, 2.05) is 12.1 Å². The highest BCUT2D eigenvalue weighted by molar-refractivity contribution is 5.95. The maximum atomic E-state index is 8.66. The third-order valence-corrected chi connectivity index (χ3v) is 4.00. The van der Waals surface area contributed by atoms with Crippen LogP contribution in [-0.4, -0.2) is 22.1 Å². The second kappa shape index (κ2) is 5.57. The predicted octanol–water partition coefficient (Wildman–Crippen LogP) is 1.84. The molecule has 1 heterocycles. The van der Waals surface area contributed by atoms with Crippen LogP contribution < -0.4 is 11.1 Å². The molecular formula is C14H22N4O. The zero-order valence-electron chi connectivity index (χ0n) is 11.6. The fourth-order valence-electron chi connectivity index (χ4n) is 2.72. The quantitative estimate of drug-likeness (QED) is 0.334. The normalized spacial score (nSPS) is 22.6. The van der Waals surface area contributed by atoms with Gasteiger partial charge in [0.25, 0.3) is 0 Å². The van der Waals surface area contributed by atoms with Gasteiger partial charge in [0.05, 0.1) is 0 Å². The van der Waals surface area contributed by atoms with Crippen LogP contribution in [0, 0.1) is 5.41 Å². The number of rotatable bonds is 4. The fraction of sp³-hybridized carbons (Fsp3) is 0.571. The molecule has 0 radical (unpaired) electrons. The lowest BCUT2D eigenvalue weighted by Gasteiger charge is -2.28. The summed E-state index contributed by atoms with van der Waals surface area (Å²) in [6, 6.07) is 4.35. The molecule has 1 aliphatic rings. The molecule has 1 aliphatic carbocycles. The lowest BCUT2D eigenvalue weighted by molar-refractivity contribution is 0.282. The second-order valence-corrected chi connectivity index (χ2v) is 5.85. The Morgan fingerprint density at radius 1 is 1.63 bits per heavy atom. The average molecular weight is 262 g/mol. The first-order valence-corrected chi connectivity index (χ1v) is 6.69. The smallest absolute Gasteiger partial charge is 0.188 e. The molecule has 104 valence electrons. The van der Waals surface area contributed by atoms with Crippen molar-refractivity contribution in [3.63, 3.8) is 0 Å². The summed E-state index contributed by atoms with van der Waals surface area (Å²) in [4.78, 5) is 4.07. The summed E-state index contributed by atoms with van der Waals surface area (Å²) in [7, 11) is 0. The SMILES string of the molecule is CC1(C)CCCC1NCc1ccnc(C(N)=NO)c1. The summed E-state index contributed by atoms with van der Waals surface area (Å²) in [5, 5.41) is 15.2. The Kier molecular flexibility index (Phi) is 4.04. The number of hydrogen-bond donors (Lipinski definition) is 3. The first-order chi connectivity index (χ1) is 9.03. The molecule has 1 aromatic rings. The number of nitrogens with zero attached hydrogens (tertiary/aromatic N) is 2. The number of nitrogens with two attached hydrogens (primary N) is 1. The highest BCUT2D eigenvalue weighted by Crippen LogP contribution is 2.37. The van der Waals surface area contributed by atoms with Crippen molar-refractivity contribution >= 4 is 5.84 Å². The van der Waals surface area contributed by atoms with E-state index >= 15 is 0 Å². The Morgan fingerprint density at radius 3 is 3.05 bits per heavy atom. The van der Waals surface area contributed by atoms with Crippen LogP contribution in [0.25, 0.3) is 0 Å². The van der Waals surface area contributed by atoms with Crippen molar-refractivity contribution in [3.05, 3.63) is 29.6 Å². The van der Waals surface area contributed by atoms with Gasteiger partial charge in [0.15, 0.2) is 5.84 Å². The summed E-state index contributed by atoms with van der Waals surface area (Å²) < 4.78 is 0. The molecule has 0 spiro atoms. The molecule has 2 rings (SSSR count). The summed E-state index contributed by atoms with van der Waals surface area (Å²) in [5.41, 5.74) is 7.51. The minimum Gasteiger partial charge on any atom is -0.409 e. The molecular weight excluding hydrogens is 240 g/mol. The average Bonchev–Trinajstić information content (AvgIpc) is 2.74. The van der Waals surface area contributed by atoms with E-state index < -0.39 is 0 Å². The van der Waals surface area contributed by atoms with E-state index in [0.29, 0.717) is 17.2 Å². The van der Waals surface area contributed by atoms with Gasteiger partial charge in [-0.15, -0.1) is 0 Å². The van der Waals surface area contributed by atoms with E-state index in [0.717, 1.165) is 12.1 Å². The van der Waals surface area contributed by atoms with Crippen LogP contribution in [0.15, 0.2) is 23.5 Å². The number of amidine groups is 1. The van der Waals surface area contributed by atoms with E-state index in [9.17, 15) is 0 Å². The van der Waals surface area contributed by atoms with Gasteiger partial charge >= 0.3 is 0 Å². The van der Waals surface area contributed by atoms with Crippen LogP contribution in [0.5, 0.6) is 0 Å². The van der Waals surface area contributed by atoms with E-state index in [1.165, 1.54) is 19.3 Å². The van der Waals surface area contributed by atoms with Crippen molar-refractivity contribution < 1.29 is 5.21 Å². The molecule has 4 N–H and O–H groups in total. The Labute approximate surface area is 113 Å². The zero-order chi connectivity index (χ0) is 13.9. The number of pyridine rings is 1. The minimum absolute atomic E-state index is 0.0445. The monoisotopic (exact) mass is 262 g/mol. The van der Waals surface area contributed by atoms with E-state index in [2.05, 4.69) is 29.3 Å². The van der Waals surface area contributed by atoms with Crippen molar-refractivity contribution in [3.8, 4) is 0 Å². The maximum Gasteiger partial charge on any atom is 0.188 e. The first-order valence-electron chi connectivity index (χ1n) is 6.69. The second-order valence-electron chi connectivity index (χ2n) is 5.85. The lowest BCUT2D eigenvalue weighted by atomic mass is 9.87. The van der Waals surface area contributed by atoms with Gasteiger partial charge in [0, 0.05) is 18.8 Å². The summed E-state index contributed by atoms with van der Waals surface area (Å²) in [6.07, 6.45) is 5.47. The Bertz CT molecular complexity index is 470. The molecule has 0 bridgehead atoms. The third kappa shape index (κ3) is 3.23. The largest absolute Gasteiger partial charge is 0.409 e. The van der Waals surface area contributed by atoms with Crippen molar-refractivity contribution in [1.29, 1.82) is 0 Å². The molecule has 5 heteroatoms. The molecule has 0 amide bonds. The van der Waals surface area contributed by atoms with Gasteiger partial charge in [0.2, 0.25) is 0 Å². The lowest BCUT2D eigenvalue weighted by Crippen LogP contribution is -2.37. The minimum atomic E-state index is 0.0445. The summed E-state index contributed by atoms with van der Waals surface area (Å²) in [5.74, 6) is 0.0445. The van der Waals surface area contributed by atoms with Gasteiger partial charge in [-0.25, -0.2) is 0 Å². The molecule has 1 fully saturated rings. The van der Waals surface area contributed by atoms with Crippen molar-refractivity contribution in [2.24, 2.45) is 16.3 Å².